The molecule has 0 aromatic carbocycles. The lowest BCUT2D eigenvalue weighted by Crippen LogP contribution is -2.68. The average Bonchev–Trinajstić information content (AvgIpc) is 2.82. The van der Waals surface area contributed by atoms with Crippen LogP contribution in [0.1, 0.15) is 38.5 Å². The molecule has 6 nitrogen and oxygen atoms in total. The molecule has 0 aromatic heterocycles. The molecule has 2 heterocycles. The summed E-state index contributed by atoms with van der Waals surface area (Å²) < 4.78 is 23.5. The minimum absolute atomic E-state index is 0.000764. The summed E-state index contributed by atoms with van der Waals surface area (Å²) in [6.07, 6.45) is 4.46. The van der Waals surface area contributed by atoms with Crippen LogP contribution in [0.2, 0.25) is 0 Å². The first kappa shape index (κ1) is 13.9. The van der Waals surface area contributed by atoms with Gasteiger partial charge in [-0.15, -0.1) is 0 Å². The highest BCUT2D eigenvalue weighted by Crippen LogP contribution is 2.34. The van der Waals surface area contributed by atoms with Crippen molar-refractivity contribution >= 4 is 21.7 Å². The van der Waals surface area contributed by atoms with Crippen molar-refractivity contribution in [3.63, 3.8) is 0 Å². The second-order valence-electron chi connectivity index (χ2n) is 6.18. The van der Waals surface area contributed by atoms with Crippen LogP contribution in [-0.4, -0.2) is 54.8 Å². The van der Waals surface area contributed by atoms with Crippen molar-refractivity contribution in [3.8, 4) is 0 Å². The van der Waals surface area contributed by atoms with Crippen molar-refractivity contribution in [2.75, 3.05) is 18.1 Å². The molecule has 3 fully saturated rings. The van der Waals surface area contributed by atoms with E-state index in [0.29, 0.717) is 25.7 Å². The largest absolute Gasteiger partial charge is 0.340 e. The molecule has 1 spiro atoms. The lowest BCUT2D eigenvalue weighted by Gasteiger charge is -2.44. The summed E-state index contributed by atoms with van der Waals surface area (Å²) in [5, 5.41) is 2.85. The Morgan fingerprint density at radius 1 is 1.15 bits per heavy atom. The van der Waals surface area contributed by atoms with Crippen molar-refractivity contribution in [3.05, 3.63) is 0 Å². The summed E-state index contributed by atoms with van der Waals surface area (Å²) in [4.78, 5) is 26.2. The first-order chi connectivity index (χ1) is 9.42. The second-order valence-corrected chi connectivity index (χ2v) is 8.41. The molecule has 0 aromatic rings. The van der Waals surface area contributed by atoms with Crippen LogP contribution < -0.4 is 5.32 Å². The van der Waals surface area contributed by atoms with Gasteiger partial charge in [-0.3, -0.25) is 9.59 Å². The van der Waals surface area contributed by atoms with Crippen molar-refractivity contribution in [2.45, 2.75) is 50.1 Å². The van der Waals surface area contributed by atoms with Crippen LogP contribution in [0.5, 0.6) is 0 Å². The van der Waals surface area contributed by atoms with E-state index in [1.165, 1.54) is 4.90 Å². The number of piperazine rings is 1. The molecule has 0 radical (unpaired) electrons. The minimum Gasteiger partial charge on any atom is -0.340 e. The van der Waals surface area contributed by atoms with E-state index < -0.39 is 15.4 Å². The molecule has 2 saturated heterocycles. The van der Waals surface area contributed by atoms with E-state index in [4.69, 9.17) is 0 Å². The van der Waals surface area contributed by atoms with E-state index in [1.807, 2.05) is 0 Å². The third kappa shape index (κ3) is 2.32. The molecule has 3 rings (SSSR count). The van der Waals surface area contributed by atoms with Crippen molar-refractivity contribution in [2.24, 2.45) is 0 Å². The summed E-state index contributed by atoms with van der Waals surface area (Å²) in [5.41, 5.74) is -0.753. The summed E-state index contributed by atoms with van der Waals surface area (Å²) in [6.45, 7) is 0.000764. The summed E-state index contributed by atoms with van der Waals surface area (Å²) in [7, 11) is -3.08. The molecule has 0 bridgehead atoms. The minimum atomic E-state index is -3.08. The maximum Gasteiger partial charge on any atom is 0.249 e. The Balaban J connectivity index is 1.85. The van der Waals surface area contributed by atoms with E-state index in [9.17, 15) is 18.0 Å². The van der Waals surface area contributed by atoms with Crippen LogP contribution in [0.4, 0.5) is 0 Å². The normalized spacial score (nSPS) is 32.4. The monoisotopic (exact) mass is 300 g/mol. The Kier molecular flexibility index (Phi) is 3.27. The number of carbonyl (C=O) groups is 2. The fraction of sp³-hybridized carbons (Fsp3) is 0.846. The number of rotatable bonds is 1. The van der Waals surface area contributed by atoms with Crippen LogP contribution in [0.3, 0.4) is 0 Å². The van der Waals surface area contributed by atoms with Crippen molar-refractivity contribution < 1.29 is 18.0 Å². The molecular weight excluding hydrogens is 280 g/mol. The fourth-order valence-electron chi connectivity index (χ4n) is 3.72. The highest BCUT2D eigenvalue weighted by molar-refractivity contribution is 7.91. The predicted octanol–water partition coefficient (Wildman–Crippen LogP) is -0.165. The number of nitrogens with one attached hydrogen (secondary N) is 1. The molecule has 1 aliphatic carbocycles. The number of nitrogens with zero attached hydrogens (tertiary/aromatic N) is 1. The third-order valence-corrected chi connectivity index (χ3v) is 6.50. The highest BCUT2D eigenvalue weighted by atomic mass is 32.2. The van der Waals surface area contributed by atoms with Gasteiger partial charge in [0.05, 0.1) is 18.1 Å². The first-order valence-electron chi connectivity index (χ1n) is 7.24. The lowest BCUT2D eigenvalue weighted by atomic mass is 9.91. The van der Waals surface area contributed by atoms with Gasteiger partial charge in [0.1, 0.15) is 5.54 Å². The molecular formula is C13H20N2O4S. The molecule has 2 amide bonds. The van der Waals surface area contributed by atoms with Gasteiger partial charge in [0.15, 0.2) is 9.84 Å². The van der Waals surface area contributed by atoms with Crippen LogP contribution >= 0.6 is 0 Å². The smallest absolute Gasteiger partial charge is 0.249 e. The molecule has 1 atom stereocenters. The molecule has 3 aliphatic rings. The number of carbonyl (C=O) groups excluding carboxylic acids is 2. The van der Waals surface area contributed by atoms with Crippen LogP contribution in [0, 0.1) is 0 Å². The van der Waals surface area contributed by atoms with Gasteiger partial charge < -0.3 is 10.2 Å². The van der Waals surface area contributed by atoms with E-state index in [2.05, 4.69) is 5.32 Å². The number of sulfone groups is 1. The predicted molar refractivity (Wildman–Crippen MR) is 72.7 cm³/mol. The van der Waals surface area contributed by atoms with Gasteiger partial charge in [0, 0.05) is 6.04 Å². The Morgan fingerprint density at radius 3 is 2.50 bits per heavy atom. The summed E-state index contributed by atoms with van der Waals surface area (Å²) >= 11 is 0. The fourth-order valence-corrected chi connectivity index (χ4v) is 5.42. The van der Waals surface area contributed by atoms with E-state index in [-0.39, 0.29) is 35.9 Å². The summed E-state index contributed by atoms with van der Waals surface area (Å²) in [5.74, 6) is -0.0310. The van der Waals surface area contributed by atoms with Crippen LogP contribution in [-0.2, 0) is 19.4 Å². The van der Waals surface area contributed by atoms with Crippen LogP contribution in [0.25, 0.3) is 0 Å². The Hall–Kier alpha value is -1.11. The van der Waals surface area contributed by atoms with E-state index >= 15 is 0 Å². The van der Waals surface area contributed by atoms with Gasteiger partial charge in [0.25, 0.3) is 0 Å². The van der Waals surface area contributed by atoms with Gasteiger partial charge in [-0.2, -0.15) is 0 Å². The maximum absolute atomic E-state index is 12.7. The average molecular weight is 300 g/mol. The van der Waals surface area contributed by atoms with Crippen molar-refractivity contribution in [1.29, 1.82) is 0 Å². The Labute approximate surface area is 118 Å². The number of hydrogen-bond donors (Lipinski definition) is 1. The summed E-state index contributed by atoms with van der Waals surface area (Å²) in [6, 6.07) is -0.329. The quantitative estimate of drug-likeness (QED) is 0.729. The topological polar surface area (TPSA) is 83.6 Å². The van der Waals surface area contributed by atoms with Gasteiger partial charge >= 0.3 is 0 Å². The second kappa shape index (κ2) is 4.72. The van der Waals surface area contributed by atoms with E-state index in [1.54, 1.807) is 0 Å². The Morgan fingerprint density at radius 2 is 1.85 bits per heavy atom. The molecule has 2 aliphatic heterocycles. The van der Waals surface area contributed by atoms with Crippen molar-refractivity contribution in [1.82, 2.24) is 10.2 Å². The van der Waals surface area contributed by atoms with Gasteiger partial charge in [-0.25, -0.2) is 8.42 Å². The zero-order chi connectivity index (χ0) is 14.4. The zero-order valence-corrected chi connectivity index (χ0v) is 12.2. The van der Waals surface area contributed by atoms with E-state index in [0.717, 1.165) is 12.8 Å². The van der Waals surface area contributed by atoms with Crippen LogP contribution in [0.15, 0.2) is 0 Å². The zero-order valence-electron chi connectivity index (χ0n) is 11.4. The molecule has 1 saturated carbocycles. The SMILES string of the molecule is O=C1CN(C2CCCS(=O)(=O)C2)C(=O)C2(CCCC2)N1. The first-order valence-corrected chi connectivity index (χ1v) is 9.07. The Bertz CT molecular complexity index is 537. The maximum atomic E-state index is 12.7. The lowest BCUT2D eigenvalue weighted by molar-refractivity contribution is -0.152. The number of hydrogen-bond acceptors (Lipinski definition) is 4. The molecule has 7 heteroatoms. The molecule has 20 heavy (non-hydrogen) atoms. The third-order valence-electron chi connectivity index (χ3n) is 4.70. The number of amides is 2. The van der Waals surface area contributed by atoms with Gasteiger partial charge in [-0.1, -0.05) is 12.8 Å². The highest BCUT2D eigenvalue weighted by Gasteiger charge is 2.50. The van der Waals surface area contributed by atoms with Gasteiger partial charge in [0.2, 0.25) is 11.8 Å². The molecule has 1 unspecified atom stereocenters. The molecule has 112 valence electrons. The van der Waals surface area contributed by atoms with Gasteiger partial charge in [-0.05, 0) is 25.7 Å². The standard InChI is InChI=1S/C13H20N2O4S/c16-11-8-15(10-4-3-7-20(18,19)9-10)12(17)13(14-11)5-1-2-6-13/h10H,1-9H2,(H,14,16). The molecule has 1 N–H and O–H groups in total.